The lowest BCUT2D eigenvalue weighted by molar-refractivity contribution is -0.158. The molecule has 0 radical (unpaired) electrons. The van der Waals surface area contributed by atoms with Crippen LogP contribution in [0.4, 0.5) is 0 Å². The molecule has 1 aliphatic rings. The normalized spacial score (nSPS) is 29.4. The standard InChI is InChI=1S/C21H40O2/c1-5-7-9-10-11-18(4)16-21(20(22)23)14-13-17(3)15-19(21)12-8-6-2/h17-19H,5-16H2,1-4H3,(H,22,23). The summed E-state index contributed by atoms with van der Waals surface area (Å²) in [4.78, 5) is 12.3. The third kappa shape index (κ3) is 6.12. The molecule has 0 aromatic heterocycles. The second-order valence-corrected chi connectivity index (χ2v) is 8.34. The van der Waals surface area contributed by atoms with Gasteiger partial charge in [0, 0.05) is 0 Å². The van der Waals surface area contributed by atoms with Gasteiger partial charge in [-0.1, -0.05) is 72.6 Å². The molecule has 0 amide bonds. The van der Waals surface area contributed by atoms with Crippen LogP contribution in [-0.4, -0.2) is 11.1 Å². The minimum Gasteiger partial charge on any atom is -0.481 e. The molecule has 136 valence electrons. The van der Waals surface area contributed by atoms with Crippen LogP contribution in [-0.2, 0) is 4.79 Å². The second-order valence-electron chi connectivity index (χ2n) is 8.34. The highest BCUT2D eigenvalue weighted by Crippen LogP contribution is 2.50. The van der Waals surface area contributed by atoms with E-state index in [-0.39, 0.29) is 0 Å². The van der Waals surface area contributed by atoms with Crippen molar-refractivity contribution in [3.05, 3.63) is 0 Å². The van der Waals surface area contributed by atoms with E-state index in [0.717, 1.165) is 32.1 Å². The molecule has 0 aromatic rings. The van der Waals surface area contributed by atoms with E-state index >= 15 is 0 Å². The van der Waals surface area contributed by atoms with Crippen LogP contribution in [0.3, 0.4) is 0 Å². The van der Waals surface area contributed by atoms with Crippen LogP contribution in [0.2, 0.25) is 0 Å². The zero-order valence-electron chi connectivity index (χ0n) is 16.1. The van der Waals surface area contributed by atoms with Crippen molar-refractivity contribution in [2.24, 2.45) is 23.2 Å². The number of carboxylic acid groups (broad SMARTS) is 1. The van der Waals surface area contributed by atoms with E-state index in [9.17, 15) is 9.90 Å². The highest BCUT2D eigenvalue weighted by Gasteiger charge is 2.48. The summed E-state index contributed by atoms with van der Waals surface area (Å²) in [6.45, 7) is 9.04. The van der Waals surface area contributed by atoms with Crippen molar-refractivity contribution in [2.45, 2.75) is 105 Å². The fraction of sp³-hybridized carbons (Fsp3) is 0.952. The molecule has 0 heterocycles. The van der Waals surface area contributed by atoms with Gasteiger partial charge in [0.1, 0.15) is 0 Å². The molecule has 1 saturated carbocycles. The largest absolute Gasteiger partial charge is 0.481 e. The number of hydrogen-bond acceptors (Lipinski definition) is 1. The van der Waals surface area contributed by atoms with Gasteiger partial charge in [-0.25, -0.2) is 0 Å². The maximum absolute atomic E-state index is 12.3. The Morgan fingerprint density at radius 3 is 2.48 bits per heavy atom. The first-order chi connectivity index (χ1) is 11.0. The van der Waals surface area contributed by atoms with Gasteiger partial charge in [-0.05, 0) is 49.9 Å². The smallest absolute Gasteiger partial charge is 0.309 e. The SMILES string of the molecule is CCCCCCC(C)CC1(C(=O)O)CCC(C)CC1CCCC. The number of carboxylic acids is 1. The molecule has 0 bridgehead atoms. The van der Waals surface area contributed by atoms with Crippen LogP contribution in [0, 0.1) is 23.2 Å². The molecule has 1 fully saturated rings. The highest BCUT2D eigenvalue weighted by atomic mass is 16.4. The maximum atomic E-state index is 12.3. The zero-order valence-corrected chi connectivity index (χ0v) is 16.1. The Balaban J connectivity index is 2.72. The van der Waals surface area contributed by atoms with Gasteiger partial charge in [-0.3, -0.25) is 4.79 Å². The Morgan fingerprint density at radius 2 is 1.87 bits per heavy atom. The molecule has 2 nitrogen and oxygen atoms in total. The van der Waals surface area contributed by atoms with E-state index < -0.39 is 11.4 Å². The van der Waals surface area contributed by atoms with Crippen molar-refractivity contribution < 1.29 is 9.90 Å². The number of rotatable bonds is 11. The first-order valence-electron chi connectivity index (χ1n) is 10.2. The molecule has 23 heavy (non-hydrogen) atoms. The predicted molar refractivity (Wildman–Crippen MR) is 98.6 cm³/mol. The minimum absolute atomic E-state index is 0.391. The second kappa shape index (κ2) is 10.4. The average Bonchev–Trinajstić information content (AvgIpc) is 2.51. The molecular formula is C21H40O2. The molecular weight excluding hydrogens is 284 g/mol. The summed E-state index contributed by atoms with van der Waals surface area (Å²) in [5, 5.41) is 10.1. The summed E-state index contributed by atoms with van der Waals surface area (Å²) in [7, 11) is 0. The molecule has 4 atom stereocenters. The van der Waals surface area contributed by atoms with Gasteiger partial charge in [-0.15, -0.1) is 0 Å². The predicted octanol–water partition coefficient (Wildman–Crippen LogP) is 6.68. The first-order valence-corrected chi connectivity index (χ1v) is 10.2. The molecule has 0 saturated heterocycles. The van der Waals surface area contributed by atoms with Crippen LogP contribution < -0.4 is 0 Å². The summed E-state index contributed by atoms with van der Waals surface area (Å²) < 4.78 is 0. The maximum Gasteiger partial charge on any atom is 0.309 e. The van der Waals surface area contributed by atoms with Crippen molar-refractivity contribution in [3.63, 3.8) is 0 Å². The number of carbonyl (C=O) groups is 1. The van der Waals surface area contributed by atoms with Gasteiger partial charge in [0.2, 0.25) is 0 Å². The first kappa shape index (κ1) is 20.5. The lowest BCUT2D eigenvalue weighted by Gasteiger charge is -2.44. The molecule has 2 heteroatoms. The van der Waals surface area contributed by atoms with Gasteiger partial charge < -0.3 is 5.11 Å². The summed E-state index contributed by atoms with van der Waals surface area (Å²) in [6.07, 6.45) is 13.8. The Morgan fingerprint density at radius 1 is 1.17 bits per heavy atom. The van der Waals surface area contributed by atoms with Gasteiger partial charge in [0.05, 0.1) is 5.41 Å². The number of hydrogen-bond donors (Lipinski definition) is 1. The van der Waals surface area contributed by atoms with E-state index in [1.54, 1.807) is 0 Å². The van der Waals surface area contributed by atoms with Gasteiger partial charge in [0.15, 0.2) is 0 Å². The monoisotopic (exact) mass is 324 g/mol. The fourth-order valence-corrected chi connectivity index (χ4v) is 4.66. The summed E-state index contributed by atoms with van der Waals surface area (Å²) in [6, 6.07) is 0. The van der Waals surface area contributed by atoms with Crippen LogP contribution >= 0.6 is 0 Å². The molecule has 1 rings (SSSR count). The molecule has 0 aromatic carbocycles. The summed E-state index contributed by atoms with van der Waals surface area (Å²) in [5.74, 6) is 1.12. The Labute approximate surface area is 144 Å². The lowest BCUT2D eigenvalue weighted by atomic mass is 9.59. The summed E-state index contributed by atoms with van der Waals surface area (Å²) in [5.41, 5.74) is -0.439. The fourth-order valence-electron chi connectivity index (χ4n) is 4.66. The van der Waals surface area contributed by atoms with Crippen molar-refractivity contribution in [1.82, 2.24) is 0 Å². The topological polar surface area (TPSA) is 37.3 Å². The molecule has 1 aliphatic carbocycles. The van der Waals surface area contributed by atoms with Gasteiger partial charge in [0.25, 0.3) is 0 Å². The van der Waals surface area contributed by atoms with E-state index in [4.69, 9.17) is 0 Å². The van der Waals surface area contributed by atoms with Crippen LogP contribution in [0.5, 0.6) is 0 Å². The van der Waals surface area contributed by atoms with Crippen molar-refractivity contribution in [1.29, 1.82) is 0 Å². The van der Waals surface area contributed by atoms with Crippen molar-refractivity contribution >= 4 is 5.97 Å². The third-order valence-electron chi connectivity index (χ3n) is 6.15. The van der Waals surface area contributed by atoms with E-state index in [2.05, 4.69) is 27.7 Å². The average molecular weight is 325 g/mol. The molecule has 0 aliphatic heterocycles. The number of unbranched alkanes of at least 4 members (excludes halogenated alkanes) is 4. The molecule has 0 spiro atoms. The third-order valence-corrected chi connectivity index (χ3v) is 6.15. The van der Waals surface area contributed by atoms with Gasteiger partial charge >= 0.3 is 5.97 Å². The van der Waals surface area contributed by atoms with Gasteiger partial charge in [-0.2, -0.15) is 0 Å². The Kier molecular flexibility index (Phi) is 9.24. The van der Waals surface area contributed by atoms with Crippen molar-refractivity contribution in [2.75, 3.05) is 0 Å². The summed E-state index contributed by atoms with van der Waals surface area (Å²) >= 11 is 0. The lowest BCUT2D eigenvalue weighted by Crippen LogP contribution is -2.44. The number of aliphatic carboxylic acids is 1. The van der Waals surface area contributed by atoms with Crippen LogP contribution in [0.25, 0.3) is 0 Å². The Hall–Kier alpha value is -0.530. The Bertz CT molecular complexity index is 339. The zero-order chi connectivity index (χ0) is 17.3. The van der Waals surface area contributed by atoms with E-state index in [1.807, 2.05) is 0 Å². The van der Waals surface area contributed by atoms with Crippen LogP contribution in [0.15, 0.2) is 0 Å². The van der Waals surface area contributed by atoms with E-state index in [1.165, 1.54) is 44.9 Å². The highest BCUT2D eigenvalue weighted by molar-refractivity contribution is 5.75. The minimum atomic E-state index is -0.508. The quantitative estimate of drug-likeness (QED) is 0.430. The van der Waals surface area contributed by atoms with E-state index in [0.29, 0.717) is 17.8 Å². The molecule has 1 N–H and O–H groups in total. The van der Waals surface area contributed by atoms with Crippen molar-refractivity contribution in [3.8, 4) is 0 Å². The molecule has 4 unspecified atom stereocenters. The van der Waals surface area contributed by atoms with Crippen LogP contribution in [0.1, 0.15) is 105 Å².